The highest BCUT2D eigenvalue weighted by Crippen LogP contribution is 2.23. The monoisotopic (exact) mass is 370 g/mol. The molecule has 0 bridgehead atoms. The van der Waals surface area contributed by atoms with E-state index in [0.717, 1.165) is 25.2 Å². The summed E-state index contributed by atoms with van der Waals surface area (Å²) in [6, 6.07) is 5.24. The average Bonchev–Trinajstić information content (AvgIpc) is 2.54. The molecule has 24 heavy (non-hydrogen) atoms. The van der Waals surface area contributed by atoms with Gasteiger partial charge in [0.15, 0.2) is 0 Å². The molecule has 1 heterocycles. The van der Waals surface area contributed by atoms with Crippen molar-refractivity contribution in [1.29, 1.82) is 0 Å². The largest absolute Gasteiger partial charge is 0.374 e. The van der Waals surface area contributed by atoms with Gasteiger partial charge in [-0.3, -0.25) is 9.69 Å². The van der Waals surface area contributed by atoms with Crippen molar-refractivity contribution in [2.45, 2.75) is 20.0 Å². The number of morpholine rings is 1. The number of carbonyl (C=O) groups excluding carboxylic acids is 1. The van der Waals surface area contributed by atoms with Crippen LogP contribution in [0.3, 0.4) is 0 Å². The average molecular weight is 371 g/mol. The smallest absolute Gasteiger partial charge is 0.244 e. The van der Waals surface area contributed by atoms with E-state index in [2.05, 4.69) is 24.1 Å². The highest BCUT2D eigenvalue weighted by atomic mass is 35.5. The zero-order valence-corrected chi connectivity index (χ0v) is 15.6. The molecular weight excluding hydrogens is 347 g/mol. The van der Waals surface area contributed by atoms with Crippen molar-refractivity contribution in [3.63, 3.8) is 0 Å². The van der Waals surface area contributed by atoms with E-state index >= 15 is 0 Å². The fourth-order valence-electron chi connectivity index (χ4n) is 2.65. The van der Waals surface area contributed by atoms with Crippen LogP contribution in [-0.4, -0.2) is 49.7 Å². The lowest BCUT2D eigenvalue weighted by Crippen LogP contribution is -2.48. The predicted molar refractivity (Wildman–Crippen MR) is 99.5 cm³/mol. The van der Waals surface area contributed by atoms with E-state index in [4.69, 9.17) is 27.9 Å². The second-order valence-corrected chi connectivity index (χ2v) is 7.21. The van der Waals surface area contributed by atoms with Crippen LogP contribution in [0.1, 0.15) is 19.4 Å². The molecular formula is C18H24Cl2N2O2. The molecule has 0 aromatic heterocycles. The van der Waals surface area contributed by atoms with Gasteiger partial charge in [0.2, 0.25) is 5.91 Å². The number of halogens is 2. The molecule has 0 radical (unpaired) electrons. The highest BCUT2D eigenvalue weighted by Gasteiger charge is 2.20. The predicted octanol–water partition coefficient (Wildman–Crippen LogP) is 3.48. The molecule has 1 aromatic carbocycles. The van der Waals surface area contributed by atoms with Crippen molar-refractivity contribution in [3.05, 3.63) is 39.9 Å². The van der Waals surface area contributed by atoms with Gasteiger partial charge in [0, 0.05) is 32.3 Å². The zero-order valence-electron chi connectivity index (χ0n) is 14.1. The fraction of sp³-hybridized carbons (Fsp3) is 0.500. The molecule has 1 unspecified atom stereocenters. The van der Waals surface area contributed by atoms with E-state index < -0.39 is 0 Å². The molecule has 1 aromatic rings. The molecule has 0 saturated carbocycles. The third kappa shape index (κ3) is 6.44. The van der Waals surface area contributed by atoms with E-state index in [1.54, 1.807) is 18.2 Å². The van der Waals surface area contributed by atoms with Crippen LogP contribution in [0.5, 0.6) is 0 Å². The van der Waals surface area contributed by atoms with Crippen LogP contribution in [0, 0.1) is 5.92 Å². The van der Waals surface area contributed by atoms with Crippen LogP contribution in [0.4, 0.5) is 0 Å². The van der Waals surface area contributed by atoms with Gasteiger partial charge >= 0.3 is 0 Å². The van der Waals surface area contributed by atoms with Crippen LogP contribution in [0.15, 0.2) is 24.3 Å². The summed E-state index contributed by atoms with van der Waals surface area (Å²) in [4.78, 5) is 14.3. The van der Waals surface area contributed by atoms with Crippen LogP contribution < -0.4 is 5.32 Å². The summed E-state index contributed by atoms with van der Waals surface area (Å²) in [6.45, 7) is 8.52. The summed E-state index contributed by atoms with van der Waals surface area (Å²) in [5, 5.41) is 3.86. The Labute approximate surface area is 153 Å². The summed E-state index contributed by atoms with van der Waals surface area (Å²) in [6.07, 6.45) is 3.25. The summed E-state index contributed by atoms with van der Waals surface area (Å²) < 4.78 is 5.72. The van der Waals surface area contributed by atoms with Gasteiger partial charge in [-0.25, -0.2) is 0 Å². The molecule has 1 amide bonds. The molecule has 0 spiro atoms. The van der Waals surface area contributed by atoms with E-state index in [-0.39, 0.29) is 12.0 Å². The number of nitrogens with one attached hydrogen (secondary N) is 1. The van der Waals surface area contributed by atoms with Gasteiger partial charge in [-0.1, -0.05) is 43.1 Å². The first-order valence-electron chi connectivity index (χ1n) is 8.19. The van der Waals surface area contributed by atoms with E-state index in [9.17, 15) is 4.79 Å². The molecule has 1 aliphatic heterocycles. The van der Waals surface area contributed by atoms with Crippen molar-refractivity contribution < 1.29 is 9.53 Å². The van der Waals surface area contributed by atoms with Crippen LogP contribution in [-0.2, 0) is 9.53 Å². The number of hydrogen-bond donors (Lipinski definition) is 1. The van der Waals surface area contributed by atoms with Gasteiger partial charge in [0.05, 0.1) is 22.8 Å². The molecule has 1 saturated heterocycles. The standard InChI is InChI=1S/C18H24Cl2N2O2/c1-13(2)11-22-7-8-24-15(12-22)10-21-18(23)6-4-14-3-5-16(19)17(20)9-14/h3-6,9,13,15H,7-8,10-12H2,1-2H3,(H,21,23)/b6-4+. The quantitative estimate of drug-likeness (QED) is 0.779. The first-order valence-corrected chi connectivity index (χ1v) is 8.94. The lowest BCUT2D eigenvalue weighted by Gasteiger charge is -2.33. The summed E-state index contributed by atoms with van der Waals surface area (Å²) >= 11 is 11.8. The second-order valence-electron chi connectivity index (χ2n) is 6.40. The number of nitrogens with zero attached hydrogens (tertiary/aromatic N) is 1. The summed E-state index contributed by atoms with van der Waals surface area (Å²) in [5.74, 6) is 0.484. The van der Waals surface area contributed by atoms with E-state index in [0.29, 0.717) is 29.1 Å². The third-order valence-electron chi connectivity index (χ3n) is 3.72. The minimum Gasteiger partial charge on any atom is -0.374 e. The molecule has 1 aliphatic rings. The Morgan fingerprint density at radius 1 is 1.42 bits per heavy atom. The summed E-state index contributed by atoms with van der Waals surface area (Å²) in [7, 11) is 0. The van der Waals surface area contributed by atoms with Crippen molar-refractivity contribution in [2.24, 2.45) is 5.92 Å². The molecule has 132 valence electrons. The molecule has 1 atom stereocenters. The number of rotatable bonds is 6. The SMILES string of the molecule is CC(C)CN1CCOC(CNC(=O)/C=C/c2ccc(Cl)c(Cl)c2)C1. The second kappa shape index (κ2) is 9.42. The van der Waals surface area contributed by atoms with E-state index in [1.165, 1.54) is 6.08 Å². The van der Waals surface area contributed by atoms with Gasteiger partial charge in [0.25, 0.3) is 0 Å². The minimum atomic E-state index is -0.148. The Bertz CT molecular complexity index is 590. The van der Waals surface area contributed by atoms with Gasteiger partial charge < -0.3 is 10.1 Å². The molecule has 4 nitrogen and oxygen atoms in total. The van der Waals surface area contributed by atoms with Crippen molar-refractivity contribution in [1.82, 2.24) is 10.2 Å². The van der Waals surface area contributed by atoms with Crippen LogP contribution in [0.25, 0.3) is 6.08 Å². The zero-order chi connectivity index (χ0) is 17.5. The van der Waals surface area contributed by atoms with E-state index in [1.807, 2.05) is 6.07 Å². The van der Waals surface area contributed by atoms with Crippen molar-refractivity contribution >= 4 is 35.2 Å². The molecule has 6 heteroatoms. The maximum absolute atomic E-state index is 11.9. The molecule has 1 fully saturated rings. The number of amides is 1. The van der Waals surface area contributed by atoms with Crippen molar-refractivity contribution in [3.8, 4) is 0 Å². The molecule has 1 N–H and O–H groups in total. The molecule has 0 aliphatic carbocycles. The number of carbonyl (C=O) groups is 1. The fourth-order valence-corrected chi connectivity index (χ4v) is 2.95. The Morgan fingerprint density at radius 3 is 2.92 bits per heavy atom. The highest BCUT2D eigenvalue weighted by molar-refractivity contribution is 6.42. The lowest BCUT2D eigenvalue weighted by molar-refractivity contribution is -0.117. The summed E-state index contributed by atoms with van der Waals surface area (Å²) in [5.41, 5.74) is 0.830. The van der Waals surface area contributed by atoms with Crippen molar-refractivity contribution in [2.75, 3.05) is 32.8 Å². The topological polar surface area (TPSA) is 41.6 Å². The first kappa shape index (κ1) is 19.3. The number of ether oxygens (including phenoxy) is 1. The van der Waals surface area contributed by atoms with Gasteiger partial charge in [0.1, 0.15) is 0 Å². The minimum absolute atomic E-state index is 0.0415. The normalized spacial score (nSPS) is 19.1. The van der Waals surface area contributed by atoms with Crippen LogP contribution >= 0.6 is 23.2 Å². The Kier molecular flexibility index (Phi) is 7.56. The van der Waals surface area contributed by atoms with Gasteiger partial charge in [-0.05, 0) is 29.7 Å². The van der Waals surface area contributed by atoms with Gasteiger partial charge in [-0.15, -0.1) is 0 Å². The van der Waals surface area contributed by atoms with Gasteiger partial charge in [-0.2, -0.15) is 0 Å². The maximum atomic E-state index is 11.9. The third-order valence-corrected chi connectivity index (χ3v) is 4.46. The number of benzene rings is 1. The Balaban J connectivity index is 1.78. The Morgan fingerprint density at radius 2 is 2.21 bits per heavy atom. The first-order chi connectivity index (χ1) is 11.4. The number of hydrogen-bond acceptors (Lipinski definition) is 3. The maximum Gasteiger partial charge on any atom is 0.244 e. The molecule has 2 rings (SSSR count). The van der Waals surface area contributed by atoms with Crippen LogP contribution in [0.2, 0.25) is 10.0 Å². The Hall–Kier alpha value is -1.07. The lowest BCUT2D eigenvalue weighted by atomic mass is 10.2.